The minimum Gasteiger partial charge on any atom is -0.466 e. The Hall–Kier alpha value is -2.12. The Morgan fingerprint density at radius 3 is 2.64 bits per heavy atom. The number of esters is 1. The van der Waals surface area contributed by atoms with E-state index in [1.807, 2.05) is 13.0 Å². The van der Waals surface area contributed by atoms with Crippen LogP contribution in [0.5, 0.6) is 0 Å². The van der Waals surface area contributed by atoms with Gasteiger partial charge in [-0.2, -0.15) is 0 Å². The maximum Gasteiger partial charge on any atom is 0.329 e. The summed E-state index contributed by atoms with van der Waals surface area (Å²) in [7, 11) is 0. The fourth-order valence-electron chi connectivity index (χ4n) is 4.07. The van der Waals surface area contributed by atoms with Crippen molar-refractivity contribution in [1.29, 1.82) is 0 Å². The molecule has 2 N–H and O–H groups in total. The highest BCUT2D eigenvalue weighted by Crippen LogP contribution is 2.33. The maximum atomic E-state index is 13.2. The smallest absolute Gasteiger partial charge is 0.329 e. The molecule has 8 heteroatoms. The zero-order chi connectivity index (χ0) is 20.3. The lowest BCUT2D eigenvalue weighted by molar-refractivity contribution is -0.913. The molecule has 2 heterocycles. The van der Waals surface area contributed by atoms with Crippen LogP contribution in [0.1, 0.15) is 38.7 Å². The van der Waals surface area contributed by atoms with Crippen LogP contribution < -0.4 is 10.2 Å². The van der Waals surface area contributed by atoms with E-state index in [4.69, 9.17) is 16.3 Å². The van der Waals surface area contributed by atoms with Crippen molar-refractivity contribution in [2.24, 2.45) is 5.92 Å². The average Bonchev–Trinajstić information content (AvgIpc) is 2.94. The summed E-state index contributed by atoms with van der Waals surface area (Å²) < 4.78 is 5.10. The van der Waals surface area contributed by atoms with E-state index in [0.29, 0.717) is 43.1 Å². The Bertz CT molecular complexity index is 764. The van der Waals surface area contributed by atoms with Gasteiger partial charge >= 0.3 is 12.0 Å². The lowest BCUT2D eigenvalue weighted by Crippen LogP contribution is -3.14. The van der Waals surface area contributed by atoms with Gasteiger partial charge in [0.25, 0.3) is 5.91 Å². The van der Waals surface area contributed by atoms with E-state index < -0.39 is 5.54 Å². The fraction of sp³-hybridized carbons (Fsp3) is 0.550. The van der Waals surface area contributed by atoms with Gasteiger partial charge in [-0.05, 0) is 31.0 Å². The normalized spacial score (nSPS) is 27.6. The van der Waals surface area contributed by atoms with Gasteiger partial charge in [0.05, 0.1) is 25.6 Å². The predicted molar refractivity (Wildman–Crippen MR) is 104 cm³/mol. The van der Waals surface area contributed by atoms with Gasteiger partial charge in [0.2, 0.25) is 0 Å². The van der Waals surface area contributed by atoms with E-state index in [-0.39, 0.29) is 23.8 Å². The number of imide groups is 1. The predicted octanol–water partition coefficient (Wildman–Crippen LogP) is 1.31. The van der Waals surface area contributed by atoms with E-state index in [2.05, 4.69) is 5.32 Å². The van der Waals surface area contributed by atoms with Gasteiger partial charge in [-0.25, -0.2) is 9.69 Å². The van der Waals surface area contributed by atoms with Gasteiger partial charge in [-0.15, -0.1) is 0 Å². The number of likely N-dealkylation sites (tertiary alicyclic amines) is 1. The number of rotatable bonds is 6. The summed E-state index contributed by atoms with van der Waals surface area (Å²) in [5.74, 6) is -0.488. The van der Waals surface area contributed by atoms with Crippen molar-refractivity contribution < 1.29 is 24.0 Å². The molecule has 2 saturated heterocycles. The molecule has 28 heavy (non-hydrogen) atoms. The van der Waals surface area contributed by atoms with E-state index in [9.17, 15) is 14.4 Å². The zero-order valence-corrected chi connectivity index (χ0v) is 17.1. The summed E-state index contributed by atoms with van der Waals surface area (Å²) in [6, 6.07) is 6.68. The first-order chi connectivity index (χ1) is 13.4. The number of carbonyl (C=O) groups is 3. The van der Waals surface area contributed by atoms with Gasteiger partial charge in [0.1, 0.15) is 5.54 Å². The van der Waals surface area contributed by atoms with Crippen molar-refractivity contribution in [2.45, 2.75) is 38.6 Å². The van der Waals surface area contributed by atoms with Crippen LogP contribution in [0.4, 0.5) is 4.79 Å². The number of benzene rings is 1. The number of ether oxygens (including phenoxy) is 1. The van der Waals surface area contributed by atoms with Crippen molar-refractivity contribution in [2.75, 3.05) is 26.4 Å². The number of amides is 3. The fourth-order valence-corrected chi connectivity index (χ4v) is 4.26. The van der Waals surface area contributed by atoms with Gasteiger partial charge < -0.3 is 15.0 Å². The van der Waals surface area contributed by atoms with Gasteiger partial charge in [-0.1, -0.05) is 30.7 Å². The lowest BCUT2D eigenvalue weighted by Gasteiger charge is -2.30. The molecule has 1 atom stereocenters. The monoisotopic (exact) mass is 408 g/mol. The first kappa shape index (κ1) is 20.6. The molecule has 1 aromatic carbocycles. The Morgan fingerprint density at radius 2 is 2.04 bits per heavy atom. The number of piperidine rings is 1. The summed E-state index contributed by atoms with van der Waals surface area (Å²) in [4.78, 5) is 40.1. The van der Waals surface area contributed by atoms with Crippen molar-refractivity contribution in [3.8, 4) is 0 Å². The SMILES string of the molecule is CCOC(=O)C1CC[NH+](CN2C(=O)N[C@@](CC)(c3cccc(Cl)c3)C2=O)CC1. The summed E-state index contributed by atoms with van der Waals surface area (Å²) in [5.41, 5.74) is -0.385. The van der Waals surface area contributed by atoms with E-state index in [1.165, 1.54) is 4.90 Å². The van der Waals surface area contributed by atoms with Crippen molar-refractivity contribution in [3.63, 3.8) is 0 Å². The second-order valence-corrected chi connectivity index (χ2v) is 7.80. The summed E-state index contributed by atoms with van der Waals surface area (Å²) >= 11 is 6.10. The summed E-state index contributed by atoms with van der Waals surface area (Å²) in [6.45, 7) is 5.79. The van der Waals surface area contributed by atoms with Gasteiger partial charge in [0.15, 0.2) is 6.67 Å². The Kier molecular flexibility index (Phi) is 6.25. The minimum atomic E-state index is -1.08. The van der Waals surface area contributed by atoms with Crippen LogP contribution in [-0.2, 0) is 19.9 Å². The molecule has 152 valence electrons. The third kappa shape index (κ3) is 3.86. The molecule has 0 radical (unpaired) electrons. The molecule has 2 aliphatic heterocycles. The molecule has 0 spiro atoms. The molecule has 1 aromatic rings. The quantitative estimate of drug-likeness (QED) is 0.549. The minimum absolute atomic E-state index is 0.0898. The molecule has 2 aliphatic rings. The standard InChI is InChI=1S/C20H26ClN3O4/c1-3-20(15-6-5-7-16(21)12-15)18(26)24(19(27)22-20)13-23-10-8-14(9-11-23)17(25)28-4-2/h5-7,12,14H,3-4,8-11,13H2,1-2H3,(H,22,27)/p+1/t20-/m0/s1. The molecule has 0 bridgehead atoms. The molecular weight excluding hydrogens is 382 g/mol. The van der Waals surface area contributed by atoms with Crippen molar-refractivity contribution >= 4 is 29.5 Å². The molecule has 0 saturated carbocycles. The third-order valence-electron chi connectivity index (χ3n) is 5.72. The number of quaternary nitrogens is 1. The Labute approximate surface area is 169 Å². The number of carbonyl (C=O) groups excluding carboxylic acids is 3. The number of urea groups is 1. The molecule has 3 rings (SSSR count). The van der Waals surface area contributed by atoms with Crippen LogP contribution in [0.2, 0.25) is 5.02 Å². The number of nitrogens with zero attached hydrogens (tertiary/aromatic N) is 1. The second kappa shape index (κ2) is 8.49. The third-order valence-corrected chi connectivity index (χ3v) is 5.95. The average molecular weight is 409 g/mol. The maximum absolute atomic E-state index is 13.2. The van der Waals surface area contributed by atoms with Gasteiger partial charge in [-0.3, -0.25) is 9.59 Å². The molecule has 0 aliphatic carbocycles. The zero-order valence-electron chi connectivity index (χ0n) is 16.3. The molecule has 3 amide bonds. The van der Waals surface area contributed by atoms with Gasteiger partial charge in [0, 0.05) is 17.9 Å². The van der Waals surface area contributed by atoms with E-state index in [1.54, 1.807) is 25.1 Å². The molecule has 2 fully saturated rings. The van der Waals surface area contributed by atoms with Crippen LogP contribution >= 0.6 is 11.6 Å². The first-order valence-electron chi connectivity index (χ1n) is 9.81. The van der Waals surface area contributed by atoms with Crippen LogP contribution in [0.25, 0.3) is 0 Å². The number of hydrogen-bond acceptors (Lipinski definition) is 4. The molecule has 7 nitrogen and oxygen atoms in total. The highest BCUT2D eigenvalue weighted by atomic mass is 35.5. The Balaban J connectivity index is 1.68. The van der Waals surface area contributed by atoms with Crippen LogP contribution in [0, 0.1) is 5.92 Å². The topological polar surface area (TPSA) is 80.2 Å². The number of halogens is 1. The van der Waals surface area contributed by atoms with E-state index in [0.717, 1.165) is 18.0 Å². The van der Waals surface area contributed by atoms with Crippen LogP contribution in [-0.4, -0.2) is 49.2 Å². The largest absolute Gasteiger partial charge is 0.466 e. The lowest BCUT2D eigenvalue weighted by atomic mass is 9.87. The van der Waals surface area contributed by atoms with Crippen molar-refractivity contribution in [1.82, 2.24) is 10.2 Å². The first-order valence-corrected chi connectivity index (χ1v) is 10.2. The van der Waals surface area contributed by atoms with Crippen LogP contribution in [0.3, 0.4) is 0 Å². The number of nitrogens with one attached hydrogen (secondary N) is 2. The van der Waals surface area contributed by atoms with E-state index >= 15 is 0 Å². The molecule has 0 unspecified atom stereocenters. The number of hydrogen-bond donors (Lipinski definition) is 2. The van der Waals surface area contributed by atoms with Crippen LogP contribution in [0.15, 0.2) is 24.3 Å². The summed E-state index contributed by atoms with van der Waals surface area (Å²) in [6.07, 6.45) is 1.84. The highest BCUT2D eigenvalue weighted by Gasteiger charge is 2.52. The highest BCUT2D eigenvalue weighted by molar-refractivity contribution is 6.30. The summed E-state index contributed by atoms with van der Waals surface area (Å²) in [5, 5.41) is 3.41. The second-order valence-electron chi connectivity index (χ2n) is 7.37. The Morgan fingerprint density at radius 1 is 1.32 bits per heavy atom. The molecule has 0 aromatic heterocycles. The molecular formula is C20H27ClN3O4+. The van der Waals surface area contributed by atoms with Crippen molar-refractivity contribution in [3.05, 3.63) is 34.9 Å².